The van der Waals surface area contributed by atoms with E-state index in [0.717, 1.165) is 43.5 Å². The topological polar surface area (TPSA) is 42.4 Å². The molecule has 0 aromatic carbocycles. The van der Waals surface area contributed by atoms with Gasteiger partial charge in [0.1, 0.15) is 0 Å². The third-order valence-electron chi connectivity index (χ3n) is 4.75. The summed E-state index contributed by atoms with van der Waals surface area (Å²) in [6.45, 7) is 2.76. The number of ether oxygens (including phenoxy) is 1. The molecule has 0 saturated carbocycles. The molecule has 2 unspecified atom stereocenters. The van der Waals surface area contributed by atoms with Crippen molar-refractivity contribution in [3.8, 4) is 0 Å². The van der Waals surface area contributed by atoms with Gasteiger partial charge in [0.2, 0.25) is 0 Å². The lowest BCUT2D eigenvalue weighted by Crippen LogP contribution is -2.44. The molecule has 3 rings (SSSR count). The highest BCUT2D eigenvalue weighted by molar-refractivity contribution is 7.99. The van der Waals surface area contributed by atoms with Crippen molar-refractivity contribution in [3.05, 3.63) is 29.6 Å². The average molecular weight is 293 g/mol. The van der Waals surface area contributed by atoms with E-state index in [4.69, 9.17) is 4.74 Å². The van der Waals surface area contributed by atoms with Crippen LogP contribution in [0.1, 0.15) is 43.0 Å². The van der Waals surface area contributed by atoms with E-state index in [2.05, 4.69) is 4.98 Å². The summed E-state index contributed by atoms with van der Waals surface area (Å²) in [6, 6.07) is 3.92. The van der Waals surface area contributed by atoms with Crippen LogP contribution in [0.15, 0.2) is 18.3 Å². The van der Waals surface area contributed by atoms with E-state index in [9.17, 15) is 5.11 Å². The molecule has 4 heteroatoms. The number of hydrogen-bond donors (Lipinski definition) is 1. The third kappa shape index (κ3) is 2.87. The van der Waals surface area contributed by atoms with Gasteiger partial charge in [-0.15, -0.1) is 0 Å². The van der Waals surface area contributed by atoms with Crippen LogP contribution in [0.3, 0.4) is 0 Å². The van der Waals surface area contributed by atoms with Crippen molar-refractivity contribution in [2.45, 2.75) is 44.3 Å². The summed E-state index contributed by atoms with van der Waals surface area (Å²) in [4.78, 5) is 4.30. The number of aromatic nitrogens is 1. The first-order chi connectivity index (χ1) is 9.70. The van der Waals surface area contributed by atoms with Gasteiger partial charge < -0.3 is 9.84 Å². The van der Waals surface area contributed by atoms with Gasteiger partial charge in [-0.3, -0.25) is 4.98 Å². The molecule has 0 amide bonds. The molecule has 2 aliphatic heterocycles. The van der Waals surface area contributed by atoms with Crippen LogP contribution in [0.5, 0.6) is 0 Å². The molecule has 2 fully saturated rings. The van der Waals surface area contributed by atoms with E-state index < -0.39 is 6.10 Å². The van der Waals surface area contributed by atoms with Crippen LogP contribution in [-0.2, 0) is 4.74 Å². The van der Waals surface area contributed by atoms with Gasteiger partial charge in [0.15, 0.2) is 0 Å². The quantitative estimate of drug-likeness (QED) is 0.910. The maximum absolute atomic E-state index is 10.7. The highest BCUT2D eigenvalue weighted by Gasteiger charge is 2.41. The second-order valence-corrected chi connectivity index (χ2v) is 7.24. The molecule has 1 aromatic rings. The van der Waals surface area contributed by atoms with Gasteiger partial charge in [-0.1, -0.05) is 6.07 Å². The molecule has 2 aliphatic rings. The predicted octanol–water partition coefficient (Wildman–Crippen LogP) is 3.12. The molecule has 110 valence electrons. The SMILES string of the molecule is Cc1ncccc1C(O)C1CCOC2(CCSCC2)C1. The van der Waals surface area contributed by atoms with Crippen molar-refractivity contribution in [2.75, 3.05) is 18.1 Å². The number of thioether (sulfide) groups is 1. The van der Waals surface area contributed by atoms with Gasteiger partial charge >= 0.3 is 0 Å². The molecule has 0 bridgehead atoms. The molecule has 2 atom stereocenters. The fraction of sp³-hybridized carbons (Fsp3) is 0.688. The van der Waals surface area contributed by atoms with Crippen LogP contribution in [0, 0.1) is 12.8 Å². The van der Waals surface area contributed by atoms with Gasteiger partial charge in [-0.25, -0.2) is 0 Å². The molecule has 0 radical (unpaired) electrons. The number of hydrogen-bond acceptors (Lipinski definition) is 4. The van der Waals surface area contributed by atoms with Crippen LogP contribution in [0.4, 0.5) is 0 Å². The Morgan fingerprint density at radius 1 is 1.45 bits per heavy atom. The Morgan fingerprint density at radius 3 is 3.00 bits per heavy atom. The van der Waals surface area contributed by atoms with E-state index >= 15 is 0 Å². The summed E-state index contributed by atoms with van der Waals surface area (Å²) >= 11 is 2.02. The first kappa shape index (κ1) is 14.4. The molecule has 0 aliphatic carbocycles. The Morgan fingerprint density at radius 2 is 2.25 bits per heavy atom. The Balaban J connectivity index is 1.75. The predicted molar refractivity (Wildman–Crippen MR) is 81.9 cm³/mol. The fourth-order valence-corrected chi connectivity index (χ4v) is 4.73. The van der Waals surface area contributed by atoms with Crippen molar-refractivity contribution in [1.82, 2.24) is 4.98 Å². The Hall–Kier alpha value is -0.580. The maximum Gasteiger partial charge on any atom is 0.0837 e. The molecule has 20 heavy (non-hydrogen) atoms. The minimum absolute atomic E-state index is 0.0330. The second-order valence-electron chi connectivity index (χ2n) is 6.02. The molecule has 1 aromatic heterocycles. The van der Waals surface area contributed by atoms with Crippen molar-refractivity contribution in [3.63, 3.8) is 0 Å². The van der Waals surface area contributed by atoms with E-state index in [0.29, 0.717) is 5.92 Å². The van der Waals surface area contributed by atoms with E-state index in [1.165, 1.54) is 11.5 Å². The molecule has 3 nitrogen and oxygen atoms in total. The zero-order chi connectivity index (χ0) is 14.0. The minimum Gasteiger partial charge on any atom is -0.388 e. The summed E-state index contributed by atoms with van der Waals surface area (Å²) in [6.07, 6.45) is 5.59. The first-order valence-electron chi connectivity index (χ1n) is 7.51. The number of aliphatic hydroxyl groups excluding tert-OH is 1. The molecular weight excluding hydrogens is 270 g/mol. The number of rotatable bonds is 2. The van der Waals surface area contributed by atoms with Crippen LogP contribution >= 0.6 is 11.8 Å². The second kappa shape index (κ2) is 6.04. The Labute approximate surface area is 125 Å². The van der Waals surface area contributed by atoms with Gasteiger partial charge in [-0.05, 0) is 56.1 Å². The van der Waals surface area contributed by atoms with Crippen LogP contribution in [0.25, 0.3) is 0 Å². The fourth-order valence-electron chi connectivity index (χ4n) is 3.49. The summed E-state index contributed by atoms with van der Waals surface area (Å²) < 4.78 is 6.11. The van der Waals surface area contributed by atoms with Gasteiger partial charge in [0, 0.05) is 24.1 Å². The summed E-state index contributed by atoms with van der Waals surface area (Å²) in [7, 11) is 0. The molecular formula is C16H23NO2S. The molecule has 2 saturated heterocycles. The molecule has 1 N–H and O–H groups in total. The highest BCUT2D eigenvalue weighted by Crippen LogP contribution is 2.43. The van der Waals surface area contributed by atoms with Crippen molar-refractivity contribution in [1.29, 1.82) is 0 Å². The lowest BCUT2D eigenvalue weighted by Gasteiger charge is -2.44. The van der Waals surface area contributed by atoms with Crippen molar-refractivity contribution >= 4 is 11.8 Å². The van der Waals surface area contributed by atoms with Gasteiger partial charge in [0.25, 0.3) is 0 Å². The third-order valence-corrected chi connectivity index (χ3v) is 5.73. The zero-order valence-corrected chi connectivity index (χ0v) is 12.9. The Kier molecular flexibility index (Phi) is 4.34. The maximum atomic E-state index is 10.7. The van der Waals surface area contributed by atoms with Crippen molar-refractivity contribution < 1.29 is 9.84 Å². The number of nitrogens with zero attached hydrogens (tertiary/aromatic N) is 1. The summed E-state index contributed by atoms with van der Waals surface area (Å²) in [5, 5.41) is 10.7. The molecule has 3 heterocycles. The van der Waals surface area contributed by atoms with E-state index in [1.54, 1.807) is 6.20 Å². The van der Waals surface area contributed by atoms with Crippen molar-refractivity contribution in [2.24, 2.45) is 5.92 Å². The number of pyridine rings is 1. The first-order valence-corrected chi connectivity index (χ1v) is 8.67. The number of aryl methyl sites for hydroxylation is 1. The molecule has 1 spiro atoms. The smallest absolute Gasteiger partial charge is 0.0837 e. The normalized spacial score (nSPS) is 27.4. The van der Waals surface area contributed by atoms with Crippen LogP contribution in [0.2, 0.25) is 0 Å². The summed E-state index contributed by atoms with van der Waals surface area (Å²) in [5.74, 6) is 2.68. The van der Waals surface area contributed by atoms with Crippen LogP contribution < -0.4 is 0 Å². The van der Waals surface area contributed by atoms with Crippen LogP contribution in [-0.4, -0.2) is 33.8 Å². The lowest BCUT2D eigenvalue weighted by molar-refractivity contribution is -0.121. The lowest BCUT2D eigenvalue weighted by atomic mass is 9.78. The standard InChI is InChI=1S/C16H23NO2S/c1-12-14(3-2-7-17-12)15(18)13-4-8-19-16(11-13)5-9-20-10-6-16/h2-3,7,13,15,18H,4-6,8-11H2,1H3. The van der Waals surface area contributed by atoms with Gasteiger partial charge in [-0.2, -0.15) is 11.8 Å². The van der Waals surface area contributed by atoms with E-state index in [1.807, 2.05) is 30.8 Å². The van der Waals surface area contributed by atoms with E-state index in [-0.39, 0.29) is 5.60 Å². The monoisotopic (exact) mass is 293 g/mol. The number of aliphatic hydroxyl groups is 1. The zero-order valence-electron chi connectivity index (χ0n) is 12.0. The average Bonchev–Trinajstić information content (AvgIpc) is 2.48. The minimum atomic E-state index is -0.404. The Bertz CT molecular complexity index is 454. The largest absolute Gasteiger partial charge is 0.388 e. The van der Waals surface area contributed by atoms with Gasteiger partial charge in [0.05, 0.1) is 11.7 Å². The highest BCUT2D eigenvalue weighted by atomic mass is 32.2. The summed E-state index contributed by atoms with van der Waals surface area (Å²) in [5.41, 5.74) is 1.96.